The number of imidazole rings is 1. The van der Waals surface area contributed by atoms with Gasteiger partial charge in [-0.25, -0.2) is 9.37 Å². The minimum atomic E-state index is -0.564. The van der Waals surface area contributed by atoms with Gasteiger partial charge in [0.25, 0.3) is 0 Å². The molecule has 0 unspecified atom stereocenters. The van der Waals surface area contributed by atoms with Crippen LogP contribution in [0.1, 0.15) is 25.7 Å². The van der Waals surface area contributed by atoms with E-state index < -0.39 is 6.17 Å². The number of hydrogen-bond acceptors (Lipinski definition) is 1. The number of alkyl halides is 1. The van der Waals surface area contributed by atoms with Gasteiger partial charge in [-0.2, -0.15) is 0 Å². The third-order valence-corrected chi connectivity index (χ3v) is 3.76. The molecule has 1 aromatic heterocycles. The maximum atomic E-state index is 13.1. The van der Waals surface area contributed by atoms with Crippen molar-refractivity contribution in [3.8, 4) is 0 Å². The first-order chi connectivity index (χ1) is 8.33. The molecule has 1 fully saturated rings. The molecule has 17 heavy (non-hydrogen) atoms. The van der Waals surface area contributed by atoms with Gasteiger partial charge in [0.2, 0.25) is 0 Å². The Morgan fingerprint density at radius 2 is 1.94 bits per heavy atom. The minimum Gasteiger partial charge on any atom is -0.330 e. The van der Waals surface area contributed by atoms with Gasteiger partial charge >= 0.3 is 0 Å². The standard InChI is InChI=1S/C14H17FN2/c15-12-7-5-11(6-8-12)9-17-10-16-13-3-1-2-4-14(13)17/h1-4,10-12H,5-9H2. The molecule has 0 bridgehead atoms. The molecule has 0 amide bonds. The first kappa shape index (κ1) is 10.8. The molecule has 1 heterocycles. The summed E-state index contributed by atoms with van der Waals surface area (Å²) in [6.45, 7) is 0.979. The highest BCUT2D eigenvalue weighted by molar-refractivity contribution is 5.74. The van der Waals surface area contributed by atoms with Crippen molar-refractivity contribution in [2.24, 2.45) is 5.92 Å². The lowest BCUT2D eigenvalue weighted by Crippen LogP contribution is -2.19. The lowest BCUT2D eigenvalue weighted by atomic mass is 9.88. The highest BCUT2D eigenvalue weighted by Crippen LogP contribution is 2.28. The van der Waals surface area contributed by atoms with E-state index in [4.69, 9.17) is 0 Å². The molecule has 0 spiro atoms. The lowest BCUT2D eigenvalue weighted by Gasteiger charge is -2.24. The van der Waals surface area contributed by atoms with Crippen molar-refractivity contribution in [3.05, 3.63) is 30.6 Å². The summed E-state index contributed by atoms with van der Waals surface area (Å²) in [6.07, 6.45) is 4.83. The maximum Gasteiger partial charge on any atom is 0.100 e. The fourth-order valence-corrected chi connectivity index (χ4v) is 2.74. The predicted molar refractivity (Wildman–Crippen MR) is 66.6 cm³/mol. The van der Waals surface area contributed by atoms with Crippen molar-refractivity contribution in [3.63, 3.8) is 0 Å². The van der Waals surface area contributed by atoms with Crippen LogP contribution in [0.15, 0.2) is 30.6 Å². The lowest BCUT2D eigenvalue weighted by molar-refractivity contribution is 0.196. The van der Waals surface area contributed by atoms with E-state index in [9.17, 15) is 4.39 Å². The molecule has 3 rings (SSSR count). The molecule has 1 saturated carbocycles. The average molecular weight is 232 g/mol. The van der Waals surface area contributed by atoms with Gasteiger partial charge in [0.05, 0.1) is 17.4 Å². The number of aromatic nitrogens is 2. The number of para-hydroxylation sites is 2. The number of benzene rings is 1. The molecule has 0 saturated heterocycles. The Balaban J connectivity index is 1.76. The summed E-state index contributed by atoms with van der Waals surface area (Å²) in [5.74, 6) is 0.611. The van der Waals surface area contributed by atoms with Gasteiger partial charge in [0.15, 0.2) is 0 Å². The topological polar surface area (TPSA) is 17.8 Å². The zero-order valence-electron chi connectivity index (χ0n) is 9.85. The number of nitrogens with zero attached hydrogens (tertiary/aromatic N) is 2. The van der Waals surface area contributed by atoms with Gasteiger partial charge in [0.1, 0.15) is 6.17 Å². The number of halogens is 1. The molecule has 1 aliphatic rings. The van der Waals surface area contributed by atoms with E-state index in [1.807, 2.05) is 24.5 Å². The van der Waals surface area contributed by atoms with E-state index in [0.717, 1.165) is 37.7 Å². The first-order valence-electron chi connectivity index (χ1n) is 6.37. The Morgan fingerprint density at radius 1 is 1.18 bits per heavy atom. The molecule has 90 valence electrons. The Kier molecular flexibility index (Phi) is 2.83. The third-order valence-electron chi connectivity index (χ3n) is 3.76. The van der Waals surface area contributed by atoms with Crippen LogP contribution in [0.4, 0.5) is 4.39 Å². The van der Waals surface area contributed by atoms with Gasteiger partial charge in [-0.1, -0.05) is 12.1 Å². The largest absolute Gasteiger partial charge is 0.330 e. The second-order valence-electron chi connectivity index (χ2n) is 5.00. The Morgan fingerprint density at radius 3 is 2.76 bits per heavy atom. The number of fused-ring (bicyclic) bond motifs is 1. The predicted octanol–water partition coefficient (Wildman–Crippen LogP) is 3.56. The van der Waals surface area contributed by atoms with Crippen LogP contribution in [0.25, 0.3) is 11.0 Å². The van der Waals surface area contributed by atoms with E-state index >= 15 is 0 Å². The minimum absolute atomic E-state index is 0.564. The molecule has 3 heteroatoms. The van der Waals surface area contributed by atoms with Crippen molar-refractivity contribution in [1.82, 2.24) is 9.55 Å². The normalized spacial score (nSPS) is 25.2. The Labute approximate surface area is 100 Å². The smallest absolute Gasteiger partial charge is 0.100 e. The van der Waals surface area contributed by atoms with E-state index in [-0.39, 0.29) is 0 Å². The summed E-state index contributed by atoms with van der Waals surface area (Å²) in [6, 6.07) is 8.18. The maximum absolute atomic E-state index is 13.1. The van der Waals surface area contributed by atoms with E-state index in [2.05, 4.69) is 15.6 Å². The Bertz CT molecular complexity index is 498. The van der Waals surface area contributed by atoms with Crippen LogP contribution in [0.2, 0.25) is 0 Å². The number of rotatable bonds is 2. The second-order valence-corrected chi connectivity index (χ2v) is 5.00. The van der Waals surface area contributed by atoms with Gasteiger partial charge < -0.3 is 4.57 Å². The molecule has 1 aromatic carbocycles. The van der Waals surface area contributed by atoms with E-state index in [1.54, 1.807) is 0 Å². The second kappa shape index (κ2) is 4.47. The SMILES string of the molecule is FC1CCC(Cn2cnc3ccccc32)CC1. The van der Waals surface area contributed by atoms with Crippen molar-refractivity contribution < 1.29 is 4.39 Å². The molecule has 0 aliphatic heterocycles. The number of hydrogen-bond donors (Lipinski definition) is 0. The molecular formula is C14H17FN2. The monoisotopic (exact) mass is 232 g/mol. The van der Waals surface area contributed by atoms with Gasteiger partial charge in [-0.3, -0.25) is 0 Å². The molecule has 2 nitrogen and oxygen atoms in total. The van der Waals surface area contributed by atoms with Crippen LogP contribution in [-0.4, -0.2) is 15.7 Å². The zero-order valence-corrected chi connectivity index (χ0v) is 9.85. The third kappa shape index (κ3) is 2.19. The highest BCUT2D eigenvalue weighted by Gasteiger charge is 2.21. The highest BCUT2D eigenvalue weighted by atomic mass is 19.1. The molecule has 0 atom stereocenters. The Hall–Kier alpha value is -1.38. The summed E-state index contributed by atoms with van der Waals surface area (Å²) >= 11 is 0. The summed E-state index contributed by atoms with van der Waals surface area (Å²) in [5.41, 5.74) is 2.24. The van der Waals surface area contributed by atoms with Crippen molar-refractivity contribution in [2.45, 2.75) is 38.4 Å². The molecule has 0 radical (unpaired) electrons. The van der Waals surface area contributed by atoms with Crippen LogP contribution in [0.5, 0.6) is 0 Å². The van der Waals surface area contributed by atoms with Gasteiger partial charge in [-0.15, -0.1) is 0 Å². The van der Waals surface area contributed by atoms with E-state index in [0.29, 0.717) is 5.92 Å². The zero-order chi connectivity index (χ0) is 11.7. The van der Waals surface area contributed by atoms with Crippen LogP contribution in [0.3, 0.4) is 0 Å². The summed E-state index contributed by atoms with van der Waals surface area (Å²) in [7, 11) is 0. The van der Waals surface area contributed by atoms with Gasteiger partial charge in [-0.05, 0) is 43.7 Å². The van der Waals surface area contributed by atoms with E-state index in [1.165, 1.54) is 5.52 Å². The fraction of sp³-hybridized carbons (Fsp3) is 0.500. The van der Waals surface area contributed by atoms with Crippen LogP contribution in [0, 0.1) is 5.92 Å². The summed E-state index contributed by atoms with van der Waals surface area (Å²) in [4.78, 5) is 4.39. The summed E-state index contributed by atoms with van der Waals surface area (Å²) in [5, 5.41) is 0. The fourth-order valence-electron chi connectivity index (χ4n) is 2.74. The van der Waals surface area contributed by atoms with Crippen LogP contribution >= 0.6 is 0 Å². The quantitative estimate of drug-likeness (QED) is 0.774. The van der Waals surface area contributed by atoms with Gasteiger partial charge in [0, 0.05) is 6.54 Å². The van der Waals surface area contributed by atoms with Crippen LogP contribution < -0.4 is 0 Å². The average Bonchev–Trinajstić information content (AvgIpc) is 2.76. The summed E-state index contributed by atoms with van der Waals surface area (Å²) < 4.78 is 15.3. The molecular weight excluding hydrogens is 215 g/mol. The molecule has 1 aliphatic carbocycles. The van der Waals surface area contributed by atoms with Crippen molar-refractivity contribution >= 4 is 11.0 Å². The van der Waals surface area contributed by atoms with Crippen molar-refractivity contribution in [2.75, 3.05) is 0 Å². The van der Waals surface area contributed by atoms with Crippen molar-refractivity contribution in [1.29, 1.82) is 0 Å². The molecule has 0 N–H and O–H groups in total. The molecule has 2 aromatic rings. The first-order valence-corrected chi connectivity index (χ1v) is 6.37. The van der Waals surface area contributed by atoms with Crippen LogP contribution in [-0.2, 0) is 6.54 Å².